The smallest absolute Gasteiger partial charge is 0.337 e. The van der Waals surface area contributed by atoms with E-state index in [-0.39, 0.29) is 27.8 Å². The van der Waals surface area contributed by atoms with Crippen LogP contribution in [-0.2, 0) is 20.5 Å². The molecule has 0 aliphatic heterocycles. The molecule has 0 saturated heterocycles. The summed E-state index contributed by atoms with van der Waals surface area (Å²) in [7, 11) is 1.38. The van der Waals surface area contributed by atoms with Crippen LogP contribution in [0, 0.1) is 0 Å². The van der Waals surface area contributed by atoms with Crippen molar-refractivity contribution in [2.24, 2.45) is 5.16 Å². The van der Waals surface area contributed by atoms with Gasteiger partial charge in [-0.15, -0.1) is 0 Å². The van der Waals surface area contributed by atoms with Gasteiger partial charge in [-0.2, -0.15) is 0 Å². The molecule has 2 N–H and O–H groups in total. The molecule has 0 radical (unpaired) electrons. The summed E-state index contributed by atoms with van der Waals surface area (Å²) in [5.74, 6) is -1.65. The maximum atomic E-state index is 13.0. The van der Waals surface area contributed by atoms with E-state index >= 15 is 0 Å². The molecule has 2 aromatic rings. The molecule has 1 aliphatic rings. The minimum absolute atomic E-state index is 0.0101. The zero-order chi connectivity index (χ0) is 22.1. The number of carbonyl (C=O) groups excluding carboxylic acids is 1. The van der Waals surface area contributed by atoms with E-state index in [4.69, 9.17) is 4.84 Å². The first kappa shape index (κ1) is 21.6. The van der Waals surface area contributed by atoms with Crippen molar-refractivity contribution in [2.75, 3.05) is 12.4 Å². The van der Waals surface area contributed by atoms with Crippen molar-refractivity contribution in [3.05, 3.63) is 64.7 Å². The summed E-state index contributed by atoms with van der Waals surface area (Å²) in [5, 5.41) is 16.0. The molecule has 6 nitrogen and oxygen atoms in total. The summed E-state index contributed by atoms with van der Waals surface area (Å²) in [6, 6.07) is 12.2. The van der Waals surface area contributed by atoms with Crippen LogP contribution in [0.2, 0.25) is 0 Å². The van der Waals surface area contributed by atoms with Gasteiger partial charge in [-0.3, -0.25) is 4.79 Å². The Hall–Kier alpha value is -3.15. The normalized spacial score (nSPS) is 17.0. The molecule has 1 aliphatic carbocycles. The van der Waals surface area contributed by atoms with Crippen LogP contribution >= 0.6 is 0 Å². The molecule has 30 heavy (non-hydrogen) atoms. The van der Waals surface area contributed by atoms with E-state index in [1.807, 2.05) is 12.1 Å². The van der Waals surface area contributed by atoms with Crippen LogP contribution in [0.1, 0.15) is 67.6 Å². The summed E-state index contributed by atoms with van der Waals surface area (Å²) < 4.78 is 0. The van der Waals surface area contributed by atoms with E-state index in [0.29, 0.717) is 5.56 Å². The van der Waals surface area contributed by atoms with Crippen LogP contribution in [-0.4, -0.2) is 29.8 Å². The van der Waals surface area contributed by atoms with Crippen LogP contribution in [0.15, 0.2) is 47.6 Å². The first-order valence-corrected chi connectivity index (χ1v) is 9.97. The van der Waals surface area contributed by atoms with Crippen molar-refractivity contribution in [3.8, 4) is 0 Å². The lowest BCUT2D eigenvalue weighted by molar-refractivity contribution is -0.110. The van der Waals surface area contributed by atoms with Crippen molar-refractivity contribution < 1.29 is 19.5 Å². The number of amides is 1. The van der Waals surface area contributed by atoms with E-state index < -0.39 is 11.9 Å². The molecule has 3 rings (SSSR count). The molecule has 1 amide bonds. The molecule has 0 aromatic heterocycles. The zero-order valence-corrected chi connectivity index (χ0v) is 18.1. The maximum Gasteiger partial charge on any atom is 0.337 e. The summed E-state index contributed by atoms with van der Waals surface area (Å²) in [5.41, 5.74) is 3.45. The SMILES string of the molecule is CON=C(C(=O)Nc1ccccc1C(=O)O)c1ccc2c(c1)C(C)(C)CCC2(C)C. The van der Waals surface area contributed by atoms with Crippen LogP contribution in [0.25, 0.3) is 0 Å². The molecular weight excluding hydrogens is 380 g/mol. The highest BCUT2D eigenvalue weighted by Gasteiger charge is 2.37. The Balaban J connectivity index is 2.01. The number of para-hydroxylation sites is 1. The first-order valence-electron chi connectivity index (χ1n) is 9.97. The molecule has 158 valence electrons. The van der Waals surface area contributed by atoms with Gasteiger partial charge in [0.1, 0.15) is 7.11 Å². The number of aromatic carboxylic acids is 1. The number of benzene rings is 2. The lowest BCUT2D eigenvalue weighted by atomic mass is 9.63. The zero-order valence-electron chi connectivity index (χ0n) is 18.1. The average molecular weight is 408 g/mol. The number of nitrogens with one attached hydrogen (secondary N) is 1. The summed E-state index contributed by atoms with van der Waals surface area (Å²) in [6.45, 7) is 8.89. The van der Waals surface area contributed by atoms with Crippen molar-refractivity contribution in [3.63, 3.8) is 0 Å². The van der Waals surface area contributed by atoms with Gasteiger partial charge in [0.15, 0.2) is 5.71 Å². The van der Waals surface area contributed by atoms with Crippen molar-refractivity contribution in [2.45, 2.75) is 51.4 Å². The number of carbonyl (C=O) groups is 2. The molecule has 0 saturated carbocycles. The van der Waals surface area contributed by atoms with Gasteiger partial charge >= 0.3 is 5.97 Å². The van der Waals surface area contributed by atoms with Crippen LogP contribution in [0.5, 0.6) is 0 Å². The van der Waals surface area contributed by atoms with Crippen LogP contribution < -0.4 is 5.32 Å². The predicted octanol–water partition coefficient (Wildman–Crippen LogP) is 4.72. The maximum absolute atomic E-state index is 13.0. The van der Waals surface area contributed by atoms with Gasteiger partial charge in [-0.25, -0.2) is 4.79 Å². The van der Waals surface area contributed by atoms with Crippen molar-refractivity contribution in [1.29, 1.82) is 0 Å². The molecular formula is C24H28N2O4. The number of rotatable bonds is 5. The molecule has 0 heterocycles. The van der Waals surface area contributed by atoms with Crippen molar-refractivity contribution in [1.82, 2.24) is 0 Å². The number of carboxylic acids is 1. The minimum atomic E-state index is -1.12. The first-order chi connectivity index (χ1) is 14.1. The molecule has 0 atom stereocenters. The fourth-order valence-electron chi connectivity index (χ4n) is 4.01. The number of anilines is 1. The van der Waals surface area contributed by atoms with Gasteiger partial charge in [0.25, 0.3) is 5.91 Å². The lowest BCUT2D eigenvalue weighted by Crippen LogP contribution is -2.34. The minimum Gasteiger partial charge on any atom is -0.478 e. The number of oxime groups is 1. The third-order valence-electron chi connectivity index (χ3n) is 5.93. The standard InChI is InChI=1S/C24H28N2O4/c1-23(2)12-13-24(3,4)18-14-15(10-11-17(18)23)20(26-30-5)21(27)25-19-9-7-6-8-16(19)22(28)29/h6-11,14H,12-13H2,1-5H3,(H,25,27)(H,28,29). The second-order valence-corrected chi connectivity index (χ2v) is 8.96. The predicted molar refractivity (Wildman–Crippen MR) is 117 cm³/mol. The largest absolute Gasteiger partial charge is 0.478 e. The van der Waals surface area contributed by atoms with Gasteiger partial charge in [-0.05, 0) is 53.0 Å². The second-order valence-electron chi connectivity index (χ2n) is 8.96. The number of carboxylic acid groups (broad SMARTS) is 1. The Labute approximate surface area is 176 Å². The Morgan fingerprint density at radius 2 is 1.63 bits per heavy atom. The molecule has 0 unspecified atom stereocenters. The summed E-state index contributed by atoms with van der Waals surface area (Å²) >= 11 is 0. The Bertz CT molecular complexity index is 1020. The molecule has 0 bridgehead atoms. The number of hydrogen-bond donors (Lipinski definition) is 2. The van der Waals surface area contributed by atoms with Gasteiger partial charge in [-0.1, -0.05) is 57.1 Å². The Morgan fingerprint density at radius 1 is 1.00 bits per heavy atom. The summed E-state index contributed by atoms with van der Waals surface area (Å²) in [4.78, 5) is 29.4. The van der Waals surface area contributed by atoms with Crippen LogP contribution in [0.3, 0.4) is 0 Å². The molecule has 0 spiro atoms. The molecule has 2 aromatic carbocycles. The second kappa shape index (κ2) is 7.94. The topological polar surface area (TPSA) is 88.0 Å². The Kier molecular flexibility index (Phi) is 5.70. The number of hydrogen-bond acceptors (Lipinski definition) is 4. The highest BCUT2D eigenvalue weighted by atomic mass is 16.6. The number of fused-ring (bicyclic) bond motifs is 1. The fourth-order valence-corrected chi connectivity index (χ4v) is 4.01. The lowest BCUT2D eigenvalue weighted by Gasteiger charge is -2.42. The monoisotopic (exact) mass is 408 g/mol. The third kappa shape index (κ3) is 4.08. The average Bonchev–Trinajstić information content (AvgIpc) is 2.69. The molecule has 0 fully saturated rings. The fraction of sp³-hybridized carbons (Fsp3) is 0.375. The Morgan fingerprint density at radius 3 is 2.27 bits per heavy atom. The van der Waals surface area contributed by atoms with E-state index in [2.05, 4.69) is 44.2 Å². The van der Waals surface area contributed by atoms with E-state index in [0.717, 1.165) is 12.8 Å². The quantitative estimate of drug-likeness (QED) is 0.553. The van der Waals surface area contributed by atoms with Crippen LogP contribution in [0.4, 0.5) is 5.69 Å². The van der Waals surface area contributed by atoms with Gasteiger partial charge < -0.3 is 15.3 Å². The number of nitrogens with zero attached hydrogens (tertiary/aromatic N) is 1. The summed E-state index contributed by atoms with van der Waals surface area (Å²) in [6.07, 6.45) is 2.14. The highest BCUT2D eigenvalue weighted by molar-refractivity contribution is 6.49. The van der Waals surface area contributed by atoms with Crippen molar-refractivity contribution >= 4 is 23.3 Å². The van der Waals surface area contributed by atoms with E-state index in [1.54, 1.807) is 18.2 Å². The van der Waals surface area contributed by atoms with E-state index in [1.165, 1.54) is 24.3 Å². The van der Waals surface area contributed by atoms with Gasteiger partial charge in [0.05, 0.1) is 11.3 Å². The van der Waals surface area contributed by atoms with Gasteiger partial charge in [0.2, 0.25) is 0 Å². The highest BCUT2D eigenvalue weighted by Crippen LogP contribution is 2.45. The van der Waals surface area contributed by atoms with E-state index in [9.17, 15) is 14.7 Å². The third-order valence-corrected chi connectivity index (χ3v) is 5.93. The molecule has 6 heteroatoms. The van der Waals surface area contributed by atoms with Gasteiger partial charge in [0, 0.05) is 5.56 Å².